The molecule has 5 nitrogen and oxygen atoms in total. The second-order valence-electron chi connectivity index (χ2n) is 3.42. The summed E-state index contributed by atoms with van der Waals surface area (Å²) in [6.07, 6.45) is 4.33. The molecule has 6 heteroatoms. The van der Waals surface area contributed by atoms with E-state index in [4.69, 9.17) is 21.2 Å². The van der Waals surface area contributed by atoms with Gasteiger partial charge in [-0.05, 0) is 36.9 Å². The van der Waals surface area contributed by atoms with Crippen LogP contribution in [0.2, 0.25) is 0 Å². The number of halogens is 1. The van der Waals surface area contributed by atoms with Gasteiger partial charge in [0.15, 0.2) is 11.9 Å². The molecule has 1 rings (SSSR count). The standard InChI is InChI=1S/C13H14ClNO4/c1-4-18-15-8-10-7-11(14)5-6-12(10)19-9(2)13(16)17-3/h5-7,12H,2,4H2,1,3H3. The molecule has 1 aliphatic carbocycles. The fourth-order valence-corrected chi connectivity index (χ4v) is 1.42. The quantitative estimate of drug-likeness (QED) is 0.255. The third-order valence-corrected chi connectivity index (χ3v) is 2.32. The second-order valence-corrected chi connectivity index (χ2v) is 3.85. The number of ether oxygens (including phenoxy) is 2. The highest BCUT2D eigenvalue weighted by Crippen LogP contribution is 2.21. The molecule has 1 atom stereocenters. The van der Waals surface area contributed by atoms with Crippen molar-refractivity contribution in [3.05, 3.63) is 41.2 Å². The van der Waals surface area contributed by atoms with E-state index in [0.717, 1.165) is 0 Å². The van der Waals surface area contributed by atoms with E-state index in [1.807, 2.05) is 0 Å². The normalized spacial score (nSPS) is 17.1. The molecule has 0 radical (unpaired) electrons. The lowest BCUT2D eigenvalue weighted by molar-refractivity contribution is -0.140. The molecule has 0 saturated carbocycles. The van der Waals surface area contributed by atoms with Gasteiger partial charge in [-0.25, -0.2) is 4.79 Å². The zero-order chi connectivity index (χ0) is 14.3. The number of allylic oxidation sites excluding steroid dienone is 2. The molecule has 0 bridgehead atoms. The van der Waals surface area contributed by atoms with Gasteiger partial charge in [0.25, 0.3) is 0 Å². The first kappa shape index (κ1) is 15.1. The molecular formula is C13H14ClNO4. The molecule has 0 aromatic heterocycles. The highest BCUT2D eigenvalue weighted by Gasteiger charge is 2.19. The fourth-order valence-electron chi connectivity index (χ4n) is 1.23. The SMILES string of the molecule is C=C(OC1C=CC(Cl)=CC1=C=NOCC)C(=O)OC. The van der Waals surface area contributed by atoms with Gasteiger partial charge in [-0.3, -0.25) is 0 Å². The lowest BCUT2D eigenvalue weighted by atomic mass is 10.1. The number of carbonyl (C=O) groups excluding carboxylic acids is 1. The summed E-state index contributed by atoms with van der Waals surface area (Å²) >= 11 is 5.88. The molecule has 0 amide bonds. The van der Waals surface area contributed by atoms with Crippen LogP contribution in [0.15, 0.2) is 46.3 Å². The zero-order valence-electron chi connectivity index (χ0n) is 10.7. The molecule has 102 valence electrons. The number of nitrogens with zero attached hydrogens (tertiary/aromatic N) is 1. The van der Waals surface area contributed by atoms with Gasteiger partial charge >= 0.3 is 5.97 Å². The molecule has 0 heterocycles. The van der Waals surface area contributed by atoms with Gasteiger partial charge in [-0.15, -0.1) is 0 Å². The predicted molar refractivity (Wildman–Crippen MR) is 71.7 cm³/mol. The smallest absolute Gasteiger partial charge is 0.372 e. The first-order chi connectivity index (χ1) is 9.08. The highest BCUT2D eigenvalue weighted by molar-refractivity contribution is 6.31. The zero-order valence-corrected chi connectivity index (χ0v) is 11.4. The third kappa shape index (κ3) is 4.66. The molecule has 0 spiro atoms. The van der Waals surface area contributed by atoms with Crippen molar-refractivity contribution in [1.29, 1.82) is 0 Å². The van der Waals surface area contributed by atoms with E-state index in [0.29, 0.717) is 17.2 Å². The first-order valence-corrected chi connectivity index (χ1v) is 5.90. The van der Waals surface area contributed by atoms with Crippen LogP contribution in [0.5, 0.6) is 0 Å². The van der Waals surface area contributed by atoms with Crippen LogP contribution in [0.3, 0.4) is 0 Å². The maximum atomic E-state index is 11.2. The molecule has 19 heavy (non-hydrogen) atoms. The van der Waals surface area contributed by atoms with E-state index in [1.54, 1.807) is 25.2 Å². The Kier molecular flexibility index (Phi) is 5.93. The van der Waals surface area contributed by atoms with Crippen LogP contribution >= 0.6 is 11.6 Å². The lowest BCUT2D eigenvalue weighted by Crippen LogP contribution is -2.18. The molecule has 0 aromatic rings. The van der Waals surface area contributed by atoms with Crippen LogP contribution in [0.4, 0.5) is 0 Å². The summed E-state index contributed by atoms with van der Waals surface area (Å²) in [4.78, 5) is 16.0. The average Bonchev–Trinajstić information content (AvgIpc) is 2.40. The number of rotatable bonds is 5. The predicted octanol–water partition coefficient (Wildman–Crippen LogP) is 2.30. The topological polar surface area (TPSA) is 57.1 Å². The van der Waals surface area contributed by atoms with Crippen molar-refractivity contribution in [1.82, 2.24) is 0 Å². The minimum Gasteiger partial charge on any atom is -0.474 e. The molecule has 0 aromatic carbocycles. The number of esters is 1. The minimum atomic E-state index is -0.643. The van der Waals surface area contributed by atoms with Crippen molar-refractivity contribution in [2.45, 2.75) is 13.0 Å². The average molecular weight is 284 g/mol. The highest BCUT2D eigenvalue weighted by atomic mass is 35.5. The molecule has 1 unspecified atom stereocenters. The Bertz CT molecular complexity index is 487. The lowest BCUT2D eigenvalue weighted by Gasteiger charge is -2.18. The molecule has 0 saturated heterocycles. The third-order valence-electron chi connectivity index (χ3n) is 2.08. The summed E-state index contributed by atoms with van der Waals surface area (Å²) in [6.45, 7) is 5.70. The van der Waals surface area contributed by atoms with Crippen LogP contribution < -0.4 is 0 Å². The van der Waals surface area contributed by atoms with Crippen molar-refractivity contribution in [2.75, 3.05) is 13.7 Å². The Morgan fingerprint density at radius 2 is 2.37 bits per heavy atom. The summed E-state index contributed by atoms with van der Waals surface area (Å²) < 4.78 is 9.86. The van der Waals surface area contributed by atoms with Crippen LogP contribution in [0, 0.1) is 0 Å². The van der Waals surface area contributed by atoms with Gasteiger partial charge in [0.1, 0.15) is 6.61 Å². The van der Waals surface area contributed by atoms with Gasteiger partial charge in [-0.2, -0.15) is 0 Å². The Balaban J connectivity index is 2.86. The summed E-state index contributed by atoms with van der Waals surface area (Å²) in [5.74, 6) is 1.90. The van der Waals surface area contributed by atoms with E-state index in [9.17, 15) is 4.79 Å². The Labute approximate surface area is 116 Å². The van der Waals surface area contributed by atoms with E-state index in [1.165, 1.54) is 7.11 Å². The molecule has 0 aliphatic heterocycles. The monoisotopic (exact) mass is 283 g/mol. The van der Waals surface area contributed by atoms with Crippen molar-refractivity contribution in [3.63, 3.8) is 0 Å². The number of carbonyl (C=O) groups is 1. The number of hydrogen-bond donors (Lipinski definition) is 0. The number of hydrogen-bond acceptors (Lipinski definition) is 5. The second kappa shape index (κ2) is 7.46. The Morgan fingerprint density at radius 1 is 1.63 bits per heavy atom. The van der Waals surface area contributed by atoms with Crippen LogP contribution in [0.25, 0.3) is 0 Å². The van der Waals surface area contributed by atoms with E-state index in [2.05, 4.69) is 22.3 Å². The van der Waals surface area contributed by atoms with Crippen molar-refractivity contribution < 1.29 is 19.1 Å². The van der Waals surface area contributed by atoms with Gasteiger partial charge in [-0.1, -0.05) is 11.6 Å². The Morgan fingerprint density at radius 3 is 3.00 bits per heavy atom. The van der Waals surface area contributed by atoms with Gasteiger partial charge in [0, 0.05) is 10.9 Å². The maximum absolute atomic E-state index is 11.2. The van der Waals surface area contributed by atoms with Crippen LogP contribution in [0.1, 0.15) is 6.92 Å². The summed E-state index contributed by atoms with van der Waals surface area (Å²) in [6, 6.07) is 0. The Hall–Kier alpha value is -1.97. The molecule has 0 fully saturated rings. The minimum absolute atomic E-state index is 0.112. The van der Waals surface area contributed by atoms with Crippen molar-refractivity contribution in [2.24, 2.45) is 5.16 Å². The van der Waals surface area contributed by atoms with E-state index >= 15 is 0 Å². The summed E-state index contributed by atoms with van der Waals surface area (Å²) in [5, 5.41) is 4.12. The number of methoxy groups -OCH3 is 1. The van der Waals surface area contributed by atoms with Crippen LogP contribution in [-0.4, -0.2) is 31.7 Å². The van der Waals surface area contributed by atoms with Gasteiger partial charge < -0.3 is 14.3 Å². The molecular weight excluding hydrogens is 270 g/mol. The summed E-state index contributed by atoms with van der Waals surface area (Å²) in [5.41, 5.74) is 0.519. The maximum Gasteiger partial charge on any atom is 0.372 e. The van der Waals surface area contributed by atoms with E-state index < -0.39 is 12.1 Å². The van der Waals surface area contributed by atoms with Crippen LogP contribution in [-0.2, 0) is 19.1 Å². The first-order valence-electron chi connectivity index (χ1n) is 5.52. The van der Waals surface area contributed by atoms with Crippen molar-refractivity contribution >= 4 is 23.4 Å². The molecule has 0 N–H and O–H groups in total. The molecule has 1 aliphatic rings. The van der Waals surface area contributed by atoms with Gasteiger partial charge in [0.05, 0.1) is 12.7 Å². The fraction of sp³-hybridized carbons (Fsp3) is 0.308. The largest absolute Gasteiger partial charge is 0.474 e. The van der Waals surface area contributed by atoms with Crippen molar-refractivity contribution in [3.8, 4) is 0 Å². The summed E-state index contributed by atoms with van der Waals surface area (Å²) in [7, 11) is 1.25. The van der Waals surface area contributed by atoms with E-state index in [-0.39, 0.29) is 5.76 Å². The van der Waals surface area contributed by atoms with Gasteiger partial charge in [0.2, 0.25) is 0 Å².